The molecule has 0 spiro atoms. The Morgan fingerprint density at radius 1 is 1.00 bits per heavy atom. The zero-order valence-electron chi connectivity index (χ0n) is 14.2. The van der Waals surface area contributed by atoms with Crippen molar-refractivity contribution in [3.05, 3.63) is 60.7 Å². The van der Waals surface area contributed by atoms with E-state index in [1.54, 1.807) is 60.7 Å². The first-order valence-corrected chi connectivity index (χ1v) is 9.58. The third kappa shape index (κ3) is 5.93. The van der Waals surface area contributed by atoms with Crippen molar-refractivity contribution in [2.24, 2.45) is 0 Å². The van der Waals surface area contributed by atoms with E-state index in [1.807, 2.05) is 0 Å². The molecule has 8 heteroatoms. The summed E-state index contributed by atoms with van der Waals surface area (Å²) in [4.78, 5) is 22.5. The maximum atomic E-state index is 13.5. The molecule has 0 unspecified atom stereocenters. The Morgan fingerprint density at radius 2 is 1.46 bits per heavy atom. The summed E-state index contributed by atoms with van der Waals surface area (Å²) in [6.07, 6.45) is -0.406. The Kier molecular flexibility index (Phi) is 6.81. The molecule has 0 saturated heterocycles. The molecule has 0 aliphatic rings. The quantitative estimate of drug-likeness (QED) is 0.647. The Bertz CT molecular complexity index is 735. The second kappa shape index (κ2) is 9.06. The number of carboxylic acid groups (broad SMARTS) is 1. The van der Waals surface area contributed by atoms with Crippen LogP contribution in [0.25, 0.3) is 0 Å². The molecule has 1 atom stereocenters. The fourth-order valence-electron chi connectivity index (χ4n) is 2.21. The smallest absolute Gasteiger partial charge is 0.452 e. The number of hydrogen-bond donors (Lipinski definition) is 2. The predicted octanol–water partition coefficient (Wildman–Crippen LogP) is 3.66. The predicted molar refractivity (Wildman–Crippen MR) is 96.2 cm³/mol. The van der Waals surface area contributed by atoms with Crippen LogP contribution < -0.4 is 14.4 Å². The molecule has 7 nitrogen and oxygen atoms in total. The van der Waals surface area contributed by atoms with Crippen LogP contribution in [0.2, 0.25) is 0 Å². The number of nitrogens with one attached hydrogen (secondary N) is 1. The highest BCUT2D eigenvalue weighted by atomic mass is 31.2. The van der Waals surface area contributed by atoms with E-state index >= 15 is 0 Å². The minimum atomic E-state index is -3.98. The van der Waals surface area contributed by atoms with E-state index in [2.05, 4.69) is 5.32 Å². The van der Waals surface area contributed by atoms with E-state index in [0.717, 1.165) is 0 Å². The number of rotatable bonds is 9. The van der Waals surface area contributed by atoms with Gasteiger partial charge < -0.3 is 19.5 Å². The second-order valence-electron chi connectivity index (χ2n) is 5.50. The number of carbonyl (C=O) groups is 2. The first kappa shape index (κ1) is 19.5. The van der Waals surface area contributed by atoms with E-state index in [4.69, 9.17) is 14.2 Å². The Labute approximate surface area is 151 Å². The average Bonchev–Trinajstić information content (AvgIpc) is 2.59. The highest BCUT2D eigenvalue weighted by Crippen LogP contribution is 2.53. The topological polar surface area (TPSA) is 102 Å². The molecule has 0 aliphatic heterocycles. The van der Waals surface area contributed by atoms with Crippen LogP contribution in [0.4, 0.5) is 0 Å². The number of benzene rings is 2. The number of para-hydroxylation sites is 2. The molecular weight excluding hydrogens is 357 g/mol. The fourth-order valence-corrected chi connectivity index (χ4v) is 4.11. The van der Waals surface area contributed by atoms with Crippen LogP contribution in [0.1, 0.15) is 19.8 Å². The first-order chi connectivity index (χ1) is 12.4. The third-order valence-corrected chi connectivity index (χ3v) is 5.42. The largest absolute Gasteiger partial charge is 0.481 e. The van der Waals surface area contributed by atoms with Crippen LogP contribution in [0, 0.1) is 0 Å². The molecule has 1 amide bonds. The standard InChI is InChI=1S/C18H20NO6P/c1-14(20)19-17(12-13-18(21)22)26(23,24-15-8-4-2-5-9-15)25-16-10-6-3-7-11-16/h2-11,17H,12-13H2,1H3,(H,19,20)(H,21,22)/t17-/m0/s1. The molecule has 0 radical (unpaired) electrons. The van der Waals surface area contributed by atoms with Crippen LogP contribution in [-0.4, -0.2) is 22.8 Å². The zero-order chi connectivity index (χ0) is 19.0. The molecule has 2 aromatic rings. The number of amides is 1. The van der Waals surface area contributed by atoms with Crippen LogP contribution in [0.15, 0.2) is 60.7 Å². The lowest BCUT2D eigenvalue weighted by Gasteiger charge is -2.27. The van der Waals surface area contributed by atoms with Gasteiger partial charge in [0.2, 0.25) is 5.91 Å². The Hall–Kier alpha value is -2.79. The Balaban J connectivity index is 2.35. The lowest BCUT2D eigenvalue weighted by Crippen LogP contribution is -2.36. The molecule has 0 saturated carbocycles. The molecule has 0 heterocycles. The van der Waals surface area contributed by atoms with Gasteiger partial charge in [-0.2, -0.15) is 0 Å². The van der Waals surface area contributed by atoms with Gasteiger partial charge in [0.05, 0.1) is 0 Å². The van der Waals surface area contributed by atoms with Gasteiger partial charge in [-0.05, 0) is 30.7 Å². The monoisotopic (exact) mass is 377 g/mol. The van der Waals surface area contributed by atoms with Crippen molar-refractivity contribution in [1.29, 1.82) is 0 Å². The van der Waals surface area contributed by atoms with Crippen molar-refractivity contribution >= 4 is 19.5 Å². The van der Waals surface area contributed by atoms with Gasteiger partial charge in [0, 0.05) is 13.3 Å². The molecule has 2 rings (SSSR count). The molecule has 2 N–H and O–H groups in total. The number of carbonyl (C=O) groups excluding carboxylic acids is 1. The van der Waals surface area contributed by atoms with E-state index in [0.29, 0.717) is 0 Å². The fraction of sp³-hybridized carbons (Fsp3) is 0.222. The number of carboxylic acids is 1. The molecular formula is C18H20NO6P. The molecule has 0 fully saturated rings. The van der Waals surface area contributed by atoms with E-state index in [1.165, 1.54) is 6.92 Å². The summed E-state index contributed by atoms with van der Waals surface area (Å²) in [5.41, 5.74) is 0. The lowest BCUT2D eigenvalue weighted by molar-refractivity contribution is -0.137. The van der Waals surface area contributed by atoms with Gasteiger partial charge in [0.25, 0.3) is 0 Å². The van der Waals surface area contributed by atoms with Crippen LogP contribution in [0.5, 0.6) is 11.5 Å². The molecule has 0 aromatic heterocycles. The first-order valence-electron chi connectivity index (χ1n) is 7.97. The Morgan fingerprint density at radius 3 is 1.85 bits per heavy atom. The van der Waals surface area contributed by atoms with Gasteiger partial charge >= 0.3 is 13.6 Å². The van der Waals surface area contributed by atoms with Crippen LogP contribution >= 0.6 is 7.60 Å². The van der Waals surface area contributed by atoms with E-state index in [-0.39, 0.29) is 24.3 Å². The van der Waals surface area contributed by atoms with Gasteiger partial charge in [-0.3, -0.25) is 9.59 Å². The zero-order valence-corrected chi connectivity index (χ0v) is 15.1. The molecule has 138 valence electrons. The minimum Gasteiger partial charge on any atom is -0.481 e. The van der Waals surface area contributed by atoms with E-state index < -0.39 is 25.3 Å². The molecule has 0 aliphatic carbocycles. The van der Waals surface area contributed by atoms with Crippen LogP contribution in [-0.2, 0) is 14.2 Å². The van der Waals surface area contributed by atoms with E-state index in [9.17, 15) is 14.2 Å². The molecule has 2 aromatic carbocycles. The SMILES string of the molecule is CC(=O)N[C@H](CCC(=O)O)P(=O)(Oc1ccccc1)Oc1ccccc1. The molecule has 0 bridgehead atoms. The summed E-state index contributed by atoms with van der Waals surface area (Å²) >= 11 is 0. The van der Waals surface area contributed by atoms with Crippen molar-refractivity contribution in [3.63, 3.8) is 0 Å². The second-order valence-corrected chi connectivity index (χ2v) is 7.57. The van der Waals surface area contributed by atoms with Gasteiger partial charge in [-0.1, -0.05) is 36.4 Å². The summed E-state index contributed by atoms with van der Waals surface area (Å²) in [6, 6.07) is 16.7. The summed E-state index contributed by atoms with van der Waals surface area (Å²) in [7, 11) is -3.98. The van der Waals surface area contributed by atoms with Crippen molar-refractivity contribution < 1.29 is 28.3 Å². The van der Waals surface area contributed by atoms with Crippen molar-refractivity contribution in [3.8, 4) is 11.5 Å². The van der Waals surface area contributed by atoms with Gasteiger partial charge in [-0.25, -0.2) is 4.57 Å². The average molecular weight is 377 g/mol. The van der Waals surface area contributed by atoms with Crippen molar-refractivity contribution in [2.75, 3.05) is 0 Å². The highest BCUT2D eigenvalue weighted by molar-refractivity contribution is 7.55. The minimum absolute atomic E-state index is 0.105. The maximum absolute atomic E-state index is 13.5. The number of hydrogen-bond acceptors (Lipinski definition) is 5. The highest BCUT2D eigenvalue weighted by Gasteiger charge is 2.40. The summed E-state index contributed by atoms with van der Waals surface area (Å²) in [5, 5.41) is 11.5. The van der Waals surface area contributed by atoms with Crippen molar-refractivity contribution in [2.45, 2.75) is 25.5 Å². The third-order valence-electron chi connectivity index (χ3n) is 3.33. The van der Waals surface area contributed by atoms with Gasteiger partial charge in [0.15, 0.2) is 5.78 Å². The normalized spacial score (nSPS) is 12.0. The summed E-state index contributed by atoms with van der Waals surface area (Å²) in [5.74, 6) is -2.08. The van der Waals surface area contributed by atoms with Crippen LogP contribution in [0.3, 0.4) is 0 Å². The van der Waals surface area contributed by atoms with Crippen molar-refractivity contribution in [1.82, 2.24) is 5.32 Å². The summed E-state index contributed by atoms with van der Waals surface area (Å²) < 4.78 is 24.8. The summed E-state index contributed by atoms with van der Waals surface area (Å²) in [6.45, 7) is 1.25. The maximum Gasteiger partial charge on any atom is 0.452 e. The van der Waals surface area contributed by atoms with Gasteiger partial charge in [-0.15, -0.1) is 0 Å². The molecule has 26 heavy (non-hydrogen) atoms. The number of aliphatic carboxylic acids is 1. The lowest BCUT2D eigenvalue weighted by atomic mass is 10.3. The van der Waals surface area contributed by atoms with Gasteiger partial charge in [0.1, 0.15) is 11.5 Å².